The summed E-state index contributed by atoms with van der Waals surface area (Å²) in [5, 5.41) is 19.4. The van der Waals surface area contributed by atoms with Crippen molar-refractivity contribution in [2.75, 3.05) is 0 Å². The number of hydrogen-bond acceptors (Lipinski definition) is 4. The number of nitriles is 1. The number of nitrogens with zero attached hydrogens (tertiary/aromatic N) is 2. The molecule has 0 aliphatic heterocycles. The predicted octanol–water partition coefficient (Wildman–Crippen LogP) is 2.69. The lowest BCUT2D eigenvalue weighted by Crippen LogP contribution is -2.27. The zero-order valence-corrected chi connectivity index (χ0v) is 12.4. The SMILES string of the molecule is CCCCC(=O)c1c(C)c(C#N)c(=O)n(C(C)C)c1O. The van der Waals surface area contributed by atoms with E-state index in [-0.39, 0.29) is 34.4 Å². The Morgan fingerprint density at radius 2 is 2.05 bits per heavy atom. The van der Waals surface area contributed by atoms with Crippen molar-refractivity contribution in [1.82, 2.24) is 4.57 Å². The summed E-state index contributed by atoms with van der Waals surface area (Å²) in [7, 11) is 0. The average Bonchev–Trinajstić information content (AvgIpc) is 2.36. The van der Waals surface area contributed by atoms with E-state index in [2.05, 4.69) is 0 Å². The highest BCUT2D eigenvalue weighted by Crippen LogP contribution is 2.26. The van der Waals surface area contributed by atoms with E-state index in [1.165, 1.54) is 6.92 Å². The molecule has 1 aromatic rings. The summed E-state index contributed by atoms with van der Waals surface area (Å²) in [6.07, 6.45) is 1.87. The molecule has 0 bridgehead atoms. The lowest BCUT2D eigenvalue weighted by Gasteiger charge is -2.17. The zero-order chi connectivity index (χ0) is 15.4. The molecule has 108 valence electrons. The van der Waals surface area contributed by atoms with Crippen LogP contribution in [0.15, 0.2) is 4.79 Å². The molecular formula is C15H20N2O3. The molecular weight excluding hydrogens is 256 g/mol. The maximum absolute atomic E-state index is 12.2. The van der Waals surface area contributed by atoms with Gasteiger partial charge in [0.25, 0.3) is 5.56 Å². The van der Waals surface area contributed by atoms with Crippen LogP contribution in [0.5, 0.6) is 5.88 Å². The highest BCUT2D eigenvalue weighted by Gasteiger charge is 2.24. The number of hydrogen-bond donors (Lipinski definition) is 1. The fourth-order valence-electron chi connectivity index (χ4n) is 2.20. The minimum atomic E-state index is -0.551. The van der Waals surface area contributed by atoms with Crippen LogP contribution in [0.3, 0.4) is 0 Å². The lowest BCUT2D eigenvalue weighted by atomic mass is 9.98. The molecule has 0 aliphatic rings. The van der Waals surface area contributed by atoms with Gasteiger partial charge in [0.2, 0.25) is 5.88 Å². The standard InChI is InChI=1S/C15H20N2O3/c1-5-6-7-12(18)13-10(4)11(8-16)14(19)17(9(2)3)15(13)20/h9,20H,5-7H2,1-4H3. The van der Waals surface area contributed by atoms with Gasteiger partial charge in [-0.1, -0.05) is 13.3 Å². The zero-order valence-electron chi connectivity index (χ0n) is 12.4. The minimum Gasteiger partial charge on any atom is -0.494 e. The van der Waals surface area contributed by atoms with Crippen LogP contribution in [0.4, 0.5) is 0 Å². The minimum absolute atomic E-state index is 0.0728. The van der Waals surface area contributed by atoms with E-state index in [4.69, 9.17) is 5.26 Å². The Bertz CT molecular complexity index is 621. The van der Waals surface area contributed by atoms with Crippen molar-refractivity contribution in [2.24, 2.45) is 0 Å². The molecule has 0 saturated heterocycles. The van der Waals surface area contributed by atoms with Crippen molar-refractivity contribution in [3.63, 3.8) is 0 Å². The second-order valence-corrected chi connectivity index (χ2v) is 5.11. The second-order valence-electron chi connectivity index (χ2n) is 5.11. The van der Waals surface area contributed by atoms with Gasteiger partial charge in [-0.3, -0.25) is 14.2 Å². The van der Waals surface area contributed by atoms with Crippen LogP contribution in [-0.4, -0.2) is 15.5 Å². The number of carbonyl (C=O) groups is 1. The largest absolute Gasteiger partial charge is 0.494 e. The summed E-state index contributed by atoms with van der Waals surface area (Å²) in [5.74, 6) is -0.560. The van der Waals surface area contributed by atoms with Gasteiger partial charge in [0, 0.05) is 12.5 Å². The number of unbranched alkanes of at least 4 members (excludes halogenated alkanes) is 1. The van der Waals surface area contributed by atoms with Crippen LogP contribution in [0.1, 0.15) is 67.6 Å². The highest BCUT2D eigenvalue weighted by molar-refractivity contribution is 5.99. The van der Waals surface area contributed by atoms with E-state index in [1.807, 2.05) is 13.0 Å². The van der Waals surface area contributed by atoms with Crippen LogP contribution in [-0.2, 0) is 0 Å². The van der Waals surface area contributed by atoms with Crippen LogP contribution < -0.4 is 5.56 Å². The molecule has 0 atom stereocenters. The van der Waals surface area contributed by atoms with Crippen LogP contribution >= 0.6 is 0 Å². The summed E-state index contributed by atoms with van der Waals surface area (Å²) < 4.78 is 1.10. The first-order chi connectivity index (χ1) is 9.36. The number of aromatic hydroxyl groups is 1. The first-order valence-electron chi connectivity index (χ1n) is 6.78. The second kappa shape index (κ2) is 6.38. The number of Topliss-reactive ketones (excluding diaryl/α,β-unsaturated/α-hetero) is 1. The molecule has 20 heavy (non-hydrogen) atoms. The molecule has 0 fully saturated rings. The summed E-state index contributed by atoms with van der Waals surface area (Å²) in [5.41, 5.74) is -0.253. The molecule has 0 aromatic carbocycles. The molecule has 0 unspecified atom stereocenters. The van der Waals surface area contributed by atoms with E-state index in [0.29, 0.717) is 12.8 Å². The molecule has 1 heterocycles. The van der Waals surface area contributed by atoms with Gasteiger partial charge in [-0.05, 0) is 32.8 Å². The number of pyridine rings is 1. The Labute approximate surface area is 118 Å². The van der Waals surface area contributed by atoms with Crippen molar-refractivity contribution in [1.29, 1.82) is 5.26 Å². The van der Waals surface area contributed by atoms with E-state index in [1.54, 1.807) is 13.8 Å². The molecule has 5 heteroatoms. The lowest BCUT2D eigenvalue weighted by molar-refractivity contribution is 0.0974. The third-order valence-electron chi connectivity index (χ3n) is 3.30. The average molecular weight is 276 g/mol. The molecule has 0 radical (unpaired) electrons. The maximum Gasteiger partial charge on any atom is 0.271 e. The number of carbonyl (C=O) groups excluding carboxylic acids is 1. The Kier molecular flexibility index (Phi) is 5.09. The van der Waals surface area contributed by atoms with Gasteiger partial charge in [0.05, 0.1) is 5.56 Å². The van der Waals surface area contributed by atoms with Gasteiger partial charge in [0.15, 0.2) is 5.78 Å². The fraction of sp³-hybridized carbons (Fsp3) is 0.533. The third kappa shape index (κ3) is 2.74. The van der Waals surface area contributed by atoms with E-state index in [0.717, 1.165) is 11.0 Å². The van der Waals surface area contributed by atoms with Crippen molar-refractivity contribution in [3.05, 3.63) is 27.0 Å². The monoisotopic (exact) mass is 276 g/mol. The van der Waals surface area contributed by atoms with Crippen LogP contribution in [0, 0.1) is 18.3 Å². The molecule has 1 rings (SSSR count). The van der Waals surface area contributed by atoms with E-state index >= 15 is 0 Å². The molecule has 0 amide bonds. The number of ketones is 1. The van der Waals surface area contributed by atoms with Gasteiger partial charge < -0.3 is 5.11 Å². The van der Waals surface area contributed by atoms with Gasteiger partial charge >= 0.3 is 0 Å². The summed E-state index contributed by atoms with van der Waals surface area (Å²) >= 11 is 0. The Hall–Kier alpha value is -2.09. The molecule has 1 N–H and O–H groups in total. The van der Waals surface area contributed by atoms with Crippen molar-refractivity contribution < 1.29 is 9.90 Å². The van der Waals surface area contributed by atoms with Gasteiger partial charge in [0.1, 0.15) is 11.6 Å². The van der Waals surface area contributed by atoms with Gasteiger partial charge in [-0.2, -0.15) is 5.26 Å². The first kappa shape index (κ1) is 16.0. The maximum atomic E-state index is 12.2. The fourth-order valence-corrected chi connectivity index (χ4v) is 2.20. The normalized spacial score (nSPS) is 10.6. The highest BCUT2D eigenvalue weighted by atomic mass is 16.3. The number of aromatic nitrogens is 1. The molecule has 5 nitrogen and oxygen atoms in total. The van der Waals surface area contributed by atoms with Crippen molar-refractivity contribution in [3.8, 4) is 11.9 Å². The predicted molar refractivity (Wildman–Crippen MR) is 76.1 cm³/mol. The van der Waals surface area contributed by atoms with E-state index < -0.39 is 5.56 Å². The number of rotatable bonds is 5. The Morgan fingerprint density at radius 3 is 2.50 bits per heavy atom. The Balaban J connectivity index is 3.60. The molecule has 0 saturated carbocycles. The van der Waals surface area contributed by atoms with Crippen molar-refractivity contribution >= 4 is 5.78 Å². The first-order valence-corrected chi connectivity index (χ1v) is 6.78. The summed E-state index contributed by atoms with van der Waals surface area (Å²) in [6.45, 7) is 6.94. The summed E-state index contributed by atoms with van der Waals surface area (Å²) in [4.78, 5) is 24.4. The molecule has 0 spiro atoms. The van der Waals surface area contributed by atoms with Gasteiger partial charge in [-0.15, -0.1) is 0 Å². The van der Waals surface area contributed by atoms with Crippen LogP contribution in [0.2, 0.25) is 0 Å². The third-order valence-corrected chi connectivity index (χ3v) is 3.30. The van der Waals surface area contributed by atoms with Crippen molar-refractivity contribution in [2.45, 2.75) is 53.0 Å². The summed E-state index contributed by atoms with van der Waals surface area (Å²) in [6, 6.07) is 1.51. The van der Waals surface area contributed by atoms with E-state index in [9.17, 15) is 14.7 Å². The smallest absolute Gasteiger partial charge is 0.271 e. The quantitative estimate of drug-likeness (QED) is 0.838. The van der Waals surface area contributed by atoms with Gasteiger partial charge in [-0.25, -0.2) is 0 Å². The molecule has 0 aliphatic carbocycles. The topological polar surface area (TPSA) is 83.1 Å². The Morgan fingerprint density at radius 1 is 1.45 bits per heavy atom. The van der Waals surface area contributed by atoms with Crippen LogP contribution in [0.25, 0.3) is 0 Å². The molecule has 1 aromatic heterocycles.